The Morgan fingerprint density at radius 1 is 1.00 bits per heavy atom. The summed E-state index contributed by atoms with van der Waals surface area (Å²) in [6.45, 7) is 1.90. The number of aliphatic imine (C=N–C) groups is 1. The molecule has 6 heteroatoms. The number of aliphatic hydroxyl groups is 1. The van der Waals surface area contributed by atoms with Gasteiger partial charge in [-0.05, 0) is 18.1 Å². The lowest BCUT2D eigenvalue weighted by Gasteiger charge is -2.12. The summed E-state index contributed by atoms with van der Waals surface area (Å²) in [5.74, 6) is -0.756. The standard InChI is InChI=1S/C20H21NO5/c1-2-25-19(23)18(22)13-17(16-11-7-4-8-12-16)21-20(24)26-14-15-9-5-3-6-10-15/h3-12,18,22H,2,13-14H2,1H3/b21-17+/t18-/m0/s1. The van der Waals surface area contributed by atoms with E-state index in [1.165, 1.54) is 0 Å². The molecule has 6 nitrogen and oxygen atoms in total. The van der Waals surface area contributed by atoms with Gasteiger partial charge in [-0.3, -0.25) is 0 Å². The van der Waals surface area contributed by atoms with E-state index in [4.69, 9.17) is 9.47 Å². The number of amides is 1. The molecule has 0 aliphatic heterocycles. The Morgan fingerprint density at radius 3 is 2.23 bits per heavy atom. The first-order valence-electron chi connectivity index (χ1n) is 8.28. The molecule has 0 aliphatic carbocycles. The van der Waals surface area contributed by atoms with E-state index in [-0.39, 0.29) is 25.3 Å². The molecular formula is C20H21NO5. The Hall–Kier alpha value is -2.99. The van der Waals surface area contributed by atoms with E-state index in [9.17, 15) is 14.7 Å². The van der Waals surface area contributed by atoms with Gasteiger partial charge >= 0.3 is 12.1 Å². The minimum atomic E-state index is -1.41. The molecule has 2 aromatic rings. The van der Waals surface area contributed by atoms with Crippen molar-refractivity contribution in [1.82, 2.24) is 0 Å². The number of rotatable bonds is 7. The third kappa shape index (κ3) is 6.14. The van der Waals surface area contributed by atoms with Gasteiger partial charge in [-0.2, -0.15) is 4.99 Å². The molecule has 0 aromatic heterocycles. The van der Waals surface area contributed by atoms with E-state index in [0.29, 0.717) is 5.56 Å². The molecule has 0 heterocycles. The van der Waals surface area contributed by atoms with Crippen molar-refractivity contribution < 1.29 is 24.2 Å². The van der Waals surface area contributed by atoms with E-state index in [1.54, 1.807) is 31.2 Å². The lowest BCUT2D eigenvalue weighted by atomic mass is 10.0. The largest absolute Gasteiger partial charge is 0.464 e. The van der Waals surface area contributed by atoms with E-state index in [1.807, 2.05) is 36.4 Å². The lowest BCUT2D eigenvalue weighted by molar-refractivity contribution is -0.152. The van der Waals surface area contributed by atoms with Crippen molar-refractivity contribution in [2.75, 3.05) is 6.61 Å². The van der Waals surface area contributed by atoms with Crippen LogP contribution in [0, 0.1) is 0 Å². The summed E-state index contributed by atoms with van der Waals surface area (Å²) in [7, 11) is 0. The van der Waals surface area contributed by atoms with Gasteiger partial charge < -0.3 is 14.6 Å². The van der Waals surface area contributed by atoms with E-state index in [2.05, 4.69) is 4.99 Å². The molecule has 2 aromatic carbocycles. The zero-order valence-corrected chi connectivity index (χ0v) is 14.5. The van der Waals surface area contributed by atoms with Gasteiger partial charge in [0.25, 0.3) is 0 Å². The van der Waals surface area contributed by atoms with Gasteiger partial charge in [0.2, 0.25) is 0 Å². The van der Waals surface area contributed by atoms with Crippen LogP contribution in [0.5, 0.6) is 0 Å². The Morgan fingerprint density at radius 2 is 1.62 bits per heavy atom. The van der Waals surface area contributed by atoms with Crippen LogP contribution in [0.2, 0.25) is 0 Å². The summed E-state index contributed by atoms with van der Waals surface area (Å²) in [6.07, 6.45) is -2.34. The predicted molar refractivity (Wildman–Crippen MR) is 96.9 cm³/mol. The van der Waals surface area contributed by atoms with E-state index >= 15 is 0 Å². The van der Waals surface area contributed by atoms with E-state index < -0.39 is 18.2 Å². The number of hydrogen-bond donors (Lipinski definition) is 1. The van der Waals surface area contributed by atoms with Crippen LogP contribution in [0.4, 0.5) is 4.79 Å². The molecule has 1 atom stereocenters. The topological polar surface area (TPSA) is 85.2 Å². The molecule has 0 aliphatic rings. The van der Waals surface area contributed by atoms with Gasteiger partial charge in [0.1, 0.15) is 6.61 Å². The maximum atomic E-state index is 12.1. The van der Waals surface area contributed by atoms with E-state index in [0.717, 1.165) is 5.56 Å². The van der Waals surface area contributed by atoms with Crippen molar-refractivity contribution in [2.45, 2.75) is 26.1 Å². The molecule has 0 saturated carbocycles. The maximum Gasteiger partial charge on any atom is 0.434 e. The molecule has 0 saturated heterocycles. The monoisotopic (exact) mass is 355 g/mol. The Kier molecular flexibility index (Phi) is 7.51. The van der Waals surface area contributed by atoms with Crippen molar-refractivity contribution in [2.24, 2.45) is 4.99 Å². The first-order chi connectivity index (χ1) is 12.6. The number of aliphatic hydroxyl groups excluding tert-OH is 1. The molecule has 0 spiro atoms. The highest BCUT2D eigenvalue weighted by atomic mass is 16.5. The number of nitrogens with zero attached hydrogens (tertiary/aromatic N) is 1. The van der Waals surface area contributed by atoms with Crippen molar-refractivity contribution >= 4 is 17.8 Å². The van der Waals surface area contributed by atoms with Gasteiger partial charge in [0, 0.05) is 6.42 Å². The Labute approximate surface area is 152 Å². The fourth-order valence-electron chi connectivity index (χ4n) is 2.23. The minimum absolute atomic E-state index is 0.0890. The summed E-state index contributed by atoms with van der Waals surface area (Å²) in [5, 5.41) is 9.99. The number of hydrogen-bond acceptors (Lipinski definition) is 5. The fraction of sp³-hybridized carbons (Fsp3) is 0.250. The van der Waals surface area contributed by atoms with Gasteiger partial charge in [0.05, 0.1) is 12.3 Å². The van der Waals surface area contributed by atoms with Crippen molar-refractivity contribution in [3.8, 4) is 0 Å². The van der Waals surface area contributed by atoms with Crippen molar-refractivity contribution in [3.63, 3.8) is 0 Å². The van der Waals surface area contributed by atoms with Crippen LogP contribution in [0.1, 0.15) is 24.5 Å². The summed E-state index contributed by atoms with van der Waals surface area (Å²) >= 11 is 0. The third-order valence-corrected chi connectivity index (χ3v) is 3.48. The van der Waals surface area contributed by atoms with Crippen molar-refractivity contribution in [1.29, 1.82) is 0 Å². The summed E-state index contributed by atoms with van der Waals surface area (Å²) in [5.41, 5.74) is 1.71. The quantitative estimate of drug-likeness (QED) is 0.609. The van der Waals surface area contributed by atoms with Crippen LogP contribution in [0.3, 0.4) is 0 Å². The fourth-order valence-corrected chi connectivity index (χ4v) is 2.23. The SMILES string of the molecule is CCOC(=O)[C@@H](O)C/C(=N\C(=O)OCc1ccccc1)c1ccccc1. The predicted octanol–water partition coefficient (Wildman–Crippen LogP) is 3.13. The normalized spacial score (nSPS) is 12.3. The second-order valence-corrected chi connectivity index (χ2v) is 5.44. The minimum Gasteiger partial charge on any atom is -0.464 e. The summed E-state index contributed by atoms with van der Waals surface area (Å²) < 4.78 is 9.94. The molecular weight excluding hydrogens is 334 g/mol. The second-order valence-electron chi connectivity index (χ2n) is 5.44. The molecule has 0 fully saturated rings. The second kappa shape index (κ2) is 10.1. The van der Waals surface area contributed by atoms with Crippen LogP contribution in [-0.2, 0) is 20.9 Å². The molecule has 26 heavy (non-hydrogen) atoms. The number of carbonyl (C=O) groups is 2. The van der Waals surface area contributed by atoms with Gasteiger partial charge in [-0.1, -0.05) is 60.7 Å². The summed E-state index contributed by atoms with van der Waals surface area (Å²) in [6, 6.07) is 18.1. The van der Waals surface area contributed by atoms with Crippen molar-refractivity contribution in [3.05, 3.63) is 71.8 Å². The number of esters is 1. The molecule has 1 N–H and O–H groups in total. The maximum absolute atomic E-state index is 12.1. The first kappa shape index (κ1) is 19.3. The number of benzene rings is 2. The highest BCUT2D eigenvalue weighted by molar-refractivity contribution is 6.06. The summed E-state index contributed by atoms with van der Waals surface area (Å²) in [4.78, 5) is 27.7. The Balaban J connectivity index is 2.10. The van der Waals surface area contributed by atoms with Gasteiger partial charge in [-0.15, -0.1) is 0 Å². The average molecular weight is 355 g/mol. The number of carbonyl (C=O) groups excluding carboxylic acids is 2. The molecule has 0 bridgehead atoms. The van der Waals surface area contributed by atoms with Gasteiger partial charge in [0.15, 0.2) is 6.10 Å². The van der Waals surface area contributed by atoms with Crippen LogP contribution in [-0.4, -0.2) is 35.6 Å². The van der Waals surface area contributed by atoms with Crippen LogP contribution >= 0.6 is 0 Å². The lowest BCUT2D eigenvalue weighted by Crippen LogP contribution is -2.26. The third-order valence-electron chi connectivity index (χ3n) is 3.48. The smallest absolute Gasteiger partial charge is 0.434 e. The highest BCUT2D eigenvalue weighted by Crippen LogP contribution is 2.10. The molecule has 0 radical (unpaired) electrons. The van der Waals surface area contributed by atoms with Crippen LogP contribution in [0.15, 0.2) is 65.7 Å². The van der Waals surface area contributed by atoms with Crippen LogP contribution in [0.25, 0.3) is 0 Å². The molecule has 1 amide bonds. The average Bonchev–Trinajstić information content (AvgIpc) is 2.67. The van der Waals surface area contributed by atoms with Gasteiger partial charge in [-0.25, -0.2) is 9.59 Å². The Bertz CT molecular complexity index is 743. The first-order valence-corrected chi connectivity index (χ1v) is 8.28. The molecule has 2 rings (SSSR count). The number of ether oxygens (including phenoxy) is 2. The molecule has 136 valence electrons. The van der Waals surface area contributed by atoms with Crippen LogP contribution < -0.4 is 0 Å². The molecule has 0 unspecified atom stereocenters. The highest BCUT2D eigenvalue weighted by Gasteiger charge is 2.20. The zero-order valence-electron chi connectivity index (χ0n) is 14.5. The zero-order chi connectivity index (χ0) is 18.8.